The summed E-state index contributed by atoms with van der Waals surface area (Å²) in [7, 11) is 0. The zero-order chi connectivity index (χ0) is 62.8. The molecule has 1 unspecified atom stereocenters. The lowest BCUT2D eigenvalue weighted by atomic mass is 9.67. The SMILES string of the molecule is CCC1=C([C@@H]2C=C3Cc4[nH]ccc4C#CC[C@]4(O)[C@H](O)[C@@H](O)[C@@]3(Oc3cc5oc(-c6cc(O)c(O)c(CCO)c6)cc(=O)c5c(O)c32)O[C@@]42CC#C[C@]3(C(=O)O)O[C@](C[C@H](CO)CC(=O)CO)(OC2=O)[C@H](O)[C@@H](O)C3(O)O)C=C2C(N1)N[C@@H]1CCC[C@H]2C1. The van der Waals surface area contributed by atoms with E-state index >= 15 is 4.79 Å². The van der Waals surface area contributed by atoms with E-state index in [9.17, 15) is 85.9 Å². The number of carboxylic acids is 1. The lowest BCUT2D eigenvalue weighted by molar-refractivity contribution is -0.434. The molecule has 6 bridgehead atoms. The van der Waals surface area contributed by atoms with E-state index in [4.69, 9.17) is 23.4 Å². The number of allylic oxidation sites excluding steroid dienone is 4. The molecule has 2 aromatic carbocycles. The van der Waals surface area contributed by atoms with Crippen molar-refractivity contribution in [1.82, 2.24) is 15.6 Å². The van der Waals surface area contributed by atoms with Gasteiger partial charge in [-0.15, -0.1) is 0 Å². The number of benzene rings is 2. The molecule has 14 atom stereocenters. The highest BCUT2D eigenvalue weighted by Gasteiger charge is 2.78. The number of H-pyrrole nitrogens is 1. The maximum atomic E-state index is 16.2. The maximum Gasteiger partial charge on any atom is 0.354 e. The lowest BCUT2D eigenvalue weighted by Gasteiger charge is -2.58. The van der Waals surface area contributed by atoms with Crippen LogP contribution < -0.4 is 20.8 Å². The maximum absolute atomic E-state index is 16.2. The number of phenolic OH excluding ortho intramolecular Hbond substituents is 3. The monoisotopic (exact) mass is 1220 g/mol. The molecule has 466 valence electrons. The van der Waals surface area contributed by atoms with Gasteiger partial charge < -0.3 is 105 Å². The summed E-state index contributed by atoms with van der Waals surface area (Å²) in [5, 5.41) is 169. The molecule has 0 amide bonds. The molecular weight excluding hydrogens is 1150 g/mol. The fraction of sp³-hybridized carbons (Fsp3) is 0.484. The molecule has 9 heterocycles. The third-order valence-electron chi connectivity index (χ3n) is 18.8. The highest BCUT2D eigenvalue weighted by atomic mass is 16.8. The van der Waals surface area contributed by atoms with Crippen molar-refractivity contribution >= 4 is 28.7 Å². The number of hydrogen-bond acceptors (Lipinski definition) is 24. The van der Waals surface area contributed by atoms with Crippen LogP contribution in [0.4, 0.5) is 0 Å². The second-order valence-corrected chi connectivity index (χ2v) is 23.9. The predicted octanol–water partition coefficient (Wildman–Crippen LogP) is -0.707. The number of carboxylic acid groups (broad SMARTS) is 1. The summed E-state index contributed by atoms with van der Waals surface area (Å²) in [6.45, 7) is -0.734. The zero-order valence-corrected chi connectivity index (χ0v) is 47.1. The van der Waals surface area contributed by atoms with E-state index in [-0.39, 0.29) is 58.1 Å². The summed E-state index contributed by atoms with van der Waals surface area (Å²) in [6.07, 6.45) is -7.84. The number of aliphatic hydroxyl groups excluding tert-OH is 7. The van der Waals surface area contributed by atoms with Crippen molar-refractivity contribution in [2.24, 2.45) is 11.8 Å². The molecule has 0 radical (unpaired) electrons. The molecular formula is C62H65N3O23. The van der Waals surface area contributed by atoms with E-state index in [0.717, 1.165) is 49.5 Å². The van der Waals surface area contributed by atoms with E-state index in [2.05, 4.69) is 33.4 Å². The second kappa shape index (κ2) is 21.8. The second-order valence-electron chi connectivity index (χ2n) is 23.9. The number of fused-ring (bicyclic) bond motifs is 10. The number of carbonyl (C=O) groups excluding carboxylic acids is 2. The highest BCUT2D eigenvalue weighted by Crippen LogP contribution is 2.58. The average molecular weight is 1220 g/mol. The first kappa shape index (κ1) is 60.6. The van der Waals surface area contributed by atoms with E-state index in [0.29, 0.717) is 23.4 Å². The number of rotatable bonds is 12. The van der Waals surface area contributed by atoms with Crippen LogP contribution in [0.3, 0.4) is 0 Å². The predicted molar refractivity (Wildman–Crippen MR) is 300 cm³/mol. The molecule has 1 saturated carbocycles. The average Bonchev–Trinajstić information content (AvgIpc) is 1.31. The first-order valence-corrected chi connectivity index (χ1v) is 28.9. The fourth-order valence-corrected chi connectivity index (χ4v) is 14.2. The molecule has 2 spiro atoms. The molecule has 7 aliphatic heterocycles. The Morgan fingerprint density at radius 2 is 1.68 bits per heavy atom. The van der Waals surface area contributed by atoms with Gasteiger partial charge in [-0.2, -0.15) is 0 Å². The lowest BCUT2D eigenvalue weighted by Crippen LogP contribution is -2.81. The molecule has 17 N–H and O–H groups in total. The number of ether oxygens (including phenoxy) is 4. The number of hydrogen-bond donors (Lipinski definition) is 17. The summed E-state index contributed by atoms with van der Waals surface area (Å²) in [6, 6.07) is 6.40. The molecule has 3 saturated heterocycles. The van der Waals surface area contributed by atoms with Gasteiger partial charge in [0.15, 0.2) is 34.9 Å². The van der Waals surface area contributed by atoms with Crippen LogP contribution in [0.2, 0.25) is 0 Å². The summed E-state index contributed by atoms with van der Waals surface area (Å²) >= 11 is 0. The number of esters is 1. The van der Waals surface area contributed by atoms with Crippen molar-refractivity contribution < 1.29 is 109 Å². The van der Waals surface area contributed by atoms with Gasteiger partial charge in [-0.3, -0.25) is 14.9 Å². The van der Waals surface area contributed by atoms with Gasteiger partial charge in [0.25, 0.3) is 11.4 Å². The Morgan fingerprint density at radius 3 is 2.41 bits per heavy atom. The Kier molecular flexibility index (Phi) is 15.1. The van der Waals surface area contributed by atoms with E-state index < -0.39 is 179 Å². The third-order valence-corrected chi connectivity index (χ3v) is 18.8. The quantitative estimate of drug-likeness (QED) is 0.0274. The van der Waals surface area contributed by atoms with Gasteiger partial charge in [0, 0.05) is 108 Å². The van der Waals surface area contributed by atoms with Gasteiger partial charge >= 0.3 is 11.9 Å². The van der Waals surface area contributed by atoms with Gasteiger partial charge in [0.05, 0.1) is 12.6 Å². The van der Waals surface area contributed by atoms with E-state index in [1.165, 1.54) is 18.3 Å². The number of phenols is 3. The van der Waals surface area contributed by atoms with Crippen molar-refractivity contribution in [3.8, 4) is 58.0 Å². The minimum Gasteiger partial charge on any atom is -0.507 e. The van der Waals surface area contributed by atoms with Gasteiger partial charge in [0.2, 0.25) is 17.2 Å². The van der Waals surface area contributed by atoms with Gasteiger partial charge in [-0.05, 0) is 79.2 Å². The first-order chi connectivity index (χ1) is 41.8. The molecule has 13 rings (SSSR count). The molecule has 26 nitrogen and oxygen atoms in total. The number of ketones is 1. The number of aliphatic hydroxyl groups is 10. The van der Waals surface area contributed by atoms with E-state index in [1.807, 2.05) is 18.9 Å². The molecule has 2 aromatic heterocycles. The molecule has 88 heavy (non-hydrogen) atoms. The van der Waals surface area contributed by atoms with Gasteiger partial charge in [0.1, 0.15) is 52.6 Å². The number of dihydropyridines is 1. The number of aromatic nitrogens is 1. The third kappa shape index (κ3) is 9.07. The van der Waals surface area contributed by atoms with Crippen molar-refractivity contribution in [3.05, 3.63) is 104 Å². The van der Waals surface area contributed by atoms with Crippen LogP contribution in [-0.4, -0.2) is 185 Å². The van der Waals surface area contributed by atoms with Gasteiger partial charge in [-0.1, -0.05) is 43.3 Å². The standard InChI is InChI=1S/C62H65N3O23/c1-2-39-37(22-36-30-6-3-8-34(18-30)64-54(36)65-39)38-20-33-21-40-29(9-14-63-40)7-4-11-57(81)50(74)52(76)61(33,85-45-24-44-47(49(73)46(38)45)41(70)23-43(84-44)32-17-31(10-15-66)48(72)42(71)19-32)88-59(57)13-5-12-58(55(78)79)62(82,83)53(77)51(75)60(87-58,86-56(59)80)25-28(26-67)16-35(69)27-68/h9,14,17,19-20,22-24,28,30,34,38,50-54,63-68,71-77,81-83H,2-3,6,8,10-11,13,15-16,18,21,25-27H2,1H3,(H,78,79)/t28-,30+,34-,38+,50-,51-,52-,53-,54?,57+,58-,59-,60+,61+/m1/s1. The summed E-state index contributed by atoms with van der Waals surface area (Å²) in [5.41, 5.74) is -9.55. The summed E-state index contributed by atoms with van der Waals surface area (Å²) < 4.78 is 32.4. The molecule has 9 aliphatic rings. The van der Waals surface area contributed by atoms with Crippen LogP contribution in [-0.2, 0) is 41.4 Å². The Morgan fingerprint density at radius 1 is 0.898 bits per heavy atom. The fourth-order valence-electron chi connectivity index (χ4n) is 14.2. The Bertz CT molecular complexity index is 3880. The van der Waals surface area contributed by atoms with Crippen LogP contribution in [0.25, 0.3) is 22.3 Å². The molecule has 4 fully saturated rings. The molecule has 4 aromatic rings. The first-order valence-electron chi connectivity index (χ1n) is 28.9. The van der Waals surface area contributed by atoms with Crippen molar-refractivity contribution in [2.45, 2.75) is 154 Å². The van der Waals surface area contributed by atoms with Crippen LogP contribution in [0, 0.1) is 35.5 Å². The number of carbonyl (C=O) groups is 3. The minimum absolute atomic E-state index is 0.0212. The van der Waals surface area contributed by atoms with Crippen LogP contribution >= 0.6 is 0 Å². The normalized spacial score (nSPS) is 33.8. The van der Waals surface area contributed by atoms with Gasteiger partial charge in [-0.25, -0.2) is 9.59 Å². The number of aliphatic carboxylic acids is 1. The number of aromatic amines is 1. The zero-order valence-electron chi connectivity index (χ0n) is 47.1. The minimum atomic E-state index is -4.11. The summed E-state index contributed by atoms with van der Waals surface area (Å²) in [4.78, 5) is 60.4. The molecule has 2 aliphatic carbocycles. The largest absolute Gasteiger partial charge is 0.507 e. The number of Topliss-reactive ketones (excluding diaryl/α,β-unsaturated/α-hetero) is 1. The number of nitrogens with one attached hydrogen (secondary N) is 3. The highest BCUT2D eigenvalue weighted by molar-refractivity contribution is 5.90. The number of aromatic hydroxyl groups is 3. The van der Waals surface area contributed by atoms with Crippen molar-refractivity contribution in [1.29, 1.82) is 0 Å². The van der Waals surface area contributed by atoms with E-state index in [1.54, 1.807) is 6.07 Å². The van der Waals surface area contributed by atoms with Crippen LogP contribution in [0.5, 0.6) is 23.0 Å². The van der Waals surface area contributed by atoms with Crippen LogP contribution in [0.1, 0.15) is 93.0 Å². The Labute approximate surface area is 499 Å². The Hall–Kier alpha value is -7.64. The molecule has 26 heteroatoms. The topological polar surface area (TPSA) is 441 Å². The smallest absolute Gasteiger partial charge is 0.354 e. The van der Waals surface area contributed by atoms with Crippen LogP contribution in [0.15, 0.2) is 80.3 Å². The Balaban J connectivity index is 1.15. The van der Waals surface area contributed by atoms with Crippen molar-refractivity contribution in [3.63, 3.8) is 0 Å². The summed E-state index contributed by atoms with van der Waals surface area (Å²) in [5.74, 6) is -11.4. The number of piperidine rings is 1. The van der Waals surface area contributed by atoms with Crippen molar-refractivity contribution in [2.75, 3.05) is 19.8 Å².